The fourth-order valence-corrected chi connectivity index (χ4v) is 4.05. The summed E-state index contributed by atoms with van der Waals surface area (Å²) in [5.41, 5.74) is 1.10. The molecule has 1 N–H and O–H groups in total. The summed E-state index contributed by atoms with van der Waals surface area (Å²) in [6, 6.07) is 7.58. The number of anilines is 1. The highest BCUT2D eigenvalue weighted by Gasteiger charge is 2.14. The zero-order valence-corrected chi connectivity index (χ0v) is 14.7. The first-order valence-electron chi connectivity index (χ1n) is 6.00. The number of halogens is 3. The molecule has 0 bridgehead atoms. The first kappa shape index (κ1) is 15.6. The summed E-state index contributed by atoms with van der Waals surface area (Å²) in [6.07, 6.45) is 0. The molecule has 22 heavy (non-hydrogen) atoms. The Kier molecular flexibility index (Phi) is 4.58. The highest BCUT2D eigenvalue weighted by molar-refractivity contribution is 9.10. The molecule has 3 nitrogen and oxygen atoms in total. The monoisotopic (exact) mass is 416 g/mol. The van der Waals surface area contributed by atoms with Crippen molar-refractivity contribution in [2.75, 3.05) is 5.32 Å². The van der Waals surface area contributed by atoms with Crippen LogP contribution in [-0.2, 0) is 0 Å². The largest absolute Gasteiger partial charge is 0.298 e. The summed E-state index contributed by atoms with van der Waals surface area (Å²) in [6.45, 7) is 0. The standard InChI is InChI=1S/C14H7BrClFN2OS2/c15-9-5-7(17)1-2-8(9)13(20)19-14-18-10(6-21-14)11-3-4-12(16)22-11/h1-6H,(H,18,19,20). The average Bonchev–Trinajstić information content (AvgIpc) is 3.07. The van der Waals surface area contributed by atoms with Gasteiger partial charge in [-0.1, -0.05) is 11.6 Å². The summed E-state index contributed by atoms with van der Waals surface area (Å²) in [7, 11) is 0. The second-order valence-corrected chi connectivity index (χ2v) is 7.65. The van der Waals surface area contributed by atoms with Crippen LogP contribution in [0.3, 0.4) is 0 Å². The minimum atomic E-state index is -0.408. The molecule has 3 rings (SSSR count). The van der Waals surface area contributed by atoms with Gasteiger partial charge in [0.1, 0.15) is 5.82 Å². The average molecular weight is 418 g/mol. The summed E-state index contributed by atoms with van der Waals surface area (Å²) >= 11 is 11.8. The minimum absolute atomic E-state index is 0.345. The van der Waals surface area contributed by atoms with E-state index >= 15 is 0 Å². The van der Waals surface area contributed by atoms with E-state index in [1.807, 2.05) is 11.4 Å². The van der Waals surface area contributed by atoms with E-state index in [0.29, 0.717) is 19.5 Å². The topological polar surface area (TPSA) is 42.0 Å². The molecule has 3 aromatic rings. The summed E-state index contributed by atoms with van der Waals surface area (Å²) in [5, 5.41) is 5.02. The predicted octanol–water partition coefficient (Wildman–Crippen LogP) is 5.68. The number of amides is 1. The quantitative estimate of drug-likeness (QED) is 0.596. The number of aromatic nitrogens is 1. The van der Waals surface area contributed by atoms with Crippen LogP contribution in [0.25, 0.3) is 10.6 Å². The van der Waals surface area contributed by atoms with Crippen LogP contribution in [0.4, 0.5) is 9.52 Å². The molecule has 2 heterocycles. The highest BCUT2D eigenvalue weighted by Crippen LogP contribution is 2.33. The third-order valence-electron chi connectivity index (χ3n) is 2.73. The predicted molar refractivity (Wildman–Crippen MR) is 92.5 cm³/mol. The van der Waals surface area contributed by atoms with Crippen LogP contribution in [0.1, 0.15) is 10.4 Å². The smallest absolute Gasteiger partial charge is 0.258 e. The molecule has 0 radical (unpaired) electrons. The van der Waals surface area contributed by atoms with Crippen LogP contribution in [0.2, 0.25) is 4.34 Å². The van der Waals surface area contributed by atoms with Gasteiger partial charge in [-0.25, -0.2) is 9.37 Å². The fraction of sp³-hybridized carbons (Fsp3) is 0. The Morgan fingerprint density at radius 3 is 2.82 bits per heavy atom. The number of thiophene rings is 1. The maximum atomic E-state index is 13.0. The lowest BCUT2D eigenvalue weighted by atomic mass is 10.2. The molecule has 0 unspecified atom stereocenters. The van der Waals surface area contributed by atoms with Gasteiger partial charge in [0.2, 0.25) is 0 Å². The number of thiazole rings is 1. The molecule has 0 aliphatic carbocycles. The lowest BCUT2D eigenvalue weighted by Gasteiger charge is -2.04. The zero-order chi connectivity index (χ0) is 15.7. The van der Waals surface area contributed by atoms with E-state index in [1.54, 1.807) is 6.07 Å². The lowest BCUT2D eigenvalue weighted by Crippen LogP contribution is -2.12. The SMILES string of the molecule is O=C(Nc1nc(-c2ccc(Cl)s2)cs1)c1ccc(F)cc1Br. The van der Waals surface area contributed by atoms with Gasteiger partial charge in [0.05, 0.1) is 20.5 Å². The lowest BCUT2D eigenvalue weighted by molar-refractivity contribution is 0.102. The van der Waals surface area contributed by atoms with Crippen molar-refractivity contribution in [3.63, 3.8) is 0 Å². The number of carbonyl (C=O) groups excluding carboxylic acids is 1. The van der Waals surface area contributed by atoms with Crippen molar-refractivity contribution in [3.05, 3.63) is 55.9 Å². The summed E-state index contributed by atoms with van der Waals surface area (Å²) in [5.74, 6) is -0.758. The molecular formula is C14H7BrClFN2OS2. The molecular weight excluding hydrogens is 411 g/mol. The van der Waals surface area contributed by atoms with E-state index in [2.05, 4.69) is 26.2 Å². The van der Waals surface area contributed by atoms with Gasteiger partial charge in [0.25, 0.3) is 5.91 Å². The van der Waals surface area contributed by atoms with Crippen molar-refractivity contribution in [1.82, 2.24) is 4.98 Å². The maximum Gasteiger partial charge on any atom is 0.258 e. The van der Waals surface area contributed by atoms with E-state index in [4.69, 9.17) is 11.6 Å². The van der Waals surface area contributed by atoms with Crippen molar-refractivity contribution < 1.29 is 9.18 Å². The van der Waals surface area contributed by atoms with Crippen molar-refractivity contribution in [3.8, 4) is 10.6 Å². The van der Waals surface area contributed by atoms with Crippen molar-refractivity contribution in [2.24, 2.45) is 0 Å². The number of hydrogen-bond acceptors (Lipinski definition) is 4. The van der Waals surface area contributed by atoms with Crippen molar-refractivity contribution >= 4 is 61.2 Å². The molecule has 0 saturated carbocycles. The number of hydrogen-bond donors (Lipinski definition) is 1. The Balaban J connectivity index is 1.79. The molecule has 0 aliphatic rings. The Bertz CT molecular complexity index is 849. The number of nitrogens with zero attached hydrogens (tertiary/aromatic N) is 1. The Labute approximate surface area is 146 Å². The molecule has 1 aromatic carbocycles. The zero-order valence-electron chi connectivity index (χ0n) is 10.8. The number of nitrogens with one attached hydrogen (secondary N) is 1. The van der Waals surface area contributed by atoms with Gasteiger partial charge >= 0.3 is 0 Å². The van der Waals surface area contributed by atoms with E-state index in [-0.39, 0.29) is 5.91 Å². The maximum absolute atomic E-state index is 13.0. The second-order valence-electron chi connectivity index (χ2n) is 4.22. The third-order valence-corrected chi connectivity index (χ3v) is 5.39. The molecule has 0 aliphatic heterocycles. The van der Waals surface area contributed by atoms with Crippen LogP contribution in [0.15, 0.2) is 40.2 Å². The fourth-order valence-electron chi connectivity index (χ4n) is 1.73. The van der Waals surface area contributed by atoms with E-state index < -0.39 is 5.82 Å². The molecule has 0 atom stereocenters. The van der Waals surface area contributed by atoms with Gasteiger partial charge in [0.15, 0.2) is 5.13 Å². The van der Waals surface area contributed by atoms with Gasteiger partial charge in [-0.3, -0.25) is 10.1 Å². The Morgan fingerprint density at radius 1 is 1.32 bits per heavy atom. The van der Waals surface area contributed by atoms with Crippen LogP contribution in [-0.4, -0.2) is 10.9 Å². The Morgan fingerprint density at radius 2 is 2.14 bits per heavy atom. The van der Waals surface area contributed by atoms with Gasteiger partial charge in [-0.15, -0.1) is 22.7 Å². The van der Waals surface area contributed by atoms with Crippen LogP contribution in [0.5, 0.6) is 0 Å². The molecule has 8 heteroatoms. The highest BCUT2D eigenvalue weighted by atomic mass is 79.9. The van der Waals surface area contributed by atoms with Gasteiger partial charge in [-0.2, -0.15) is 0 Å². The molecule has 0 saturated heterocycles. The van der Waals surface area contributed by atoms with E-state index in [0.717, 1.165) is 10.6 Å². The van der Waals surface area contributed by atoms with E-state index in [9.17, 15) is 9.18 Å². The molecule has 1 amide bonds. The van der Waals surface area contributed by atoms with Crippen LogP contribution in [0, 0.1) is 5.82 Å². The first-order valence-corrected chi connectivity index (χ1v) is 8.87. The molecule has 0 fully saturated rings. The van der Waals surface area contributed by atoms with Gasteiger partial charge < -0.3 is 0 Å². The second kappa shape index (κ2) is 6.45. The number of carbonyl (C=O) groups is 1. The summed E-state index contributed by atoms with van der Waals surface area (Å²) in [4.78, 5) is 17.5. The van der Waals surface area contributed by atoms with Gasteiger partial charge in [-0.05, 0) is 46.3 Å². The van der Waals surface area contributed by atoms with Crippen molar-refractivity contribution in [1.29, 1.82) is 0 Å². The normalized spacial score (nSPS) is 10.7. The third kappa shape index (κ3) is 3.38. The minimum Gasteiger partial charge on any atom is -0.298 e. The Hall–Kier alpha value is -1.28. The number of benzene rings is 1. The van der Waals surface area contributed by atoms with Crippen molar-refractivity contribution in [2.45, 2.75) is 0 Å². The summed E-state index contributed by atoms with van der Waals surface area (Å²) < 4.78 is 14.1. The van der Waals surface area contributed by atoms with E-state index in [1.165, 1.54) is 40.9 Å². The van der Waals surface area contributed by atoms with Crippen LogP contribution >= 0.6 is 50.2 Å². The molecule has 0 spiro atoms. The molecule has 112 valence electrons. The number of rotatable bonds is 3. The first-order chi connectivity index (χ1) is 10.5. The van der Waals surface area contributed by atoms with Crippen LogP contribution < -0.4 is 5.32 Å². The van der Waals surface area contributed by atoms with Gasteiger partial charge in [0, 0.05) is 9.85 Å². The molecule has 2 aromatic heterocycles.